The van der Waals surface area contributed by atoms with Crippen LogP contribution in [-0.2, 0) is 9.59 Å². The molecule has 2 rings (SSSR count). The molecule has 0 spiro atoms. The zero-order valence-corrected chi connectivity index (χ0v) is 12.1. The zero-order valence-electron chi connectivity index (χ0n) is 12.1. The van der Waals surface area contributed by atoms with Gasteiger partial charge < -0.3 is 16.0 Å². The van der Waals surface area contributed by atoms with E-state index in [1.54, 1.807) is 24.3 Å². The van der Waals surface area contributed by atoms with E-state index in [1.807, 2.05) is 13.8 Å². The molecule has 1 heterocycles. The molecule has 0 aromatic heterocycles. The summed E-state index contributed by atoms with van der Waals surface area (Å²) in [7, 11) is 0. The Kier molecular flexibility index (Phi) is 4.57. The maximum absolute atomic E-state index is 12.1. The number of hydrogen-bond donors (Lipinski definition) is 3. The van der Waals surface area contributed by atoms with Gasteiger partial charge in [0.1, 0.15) is 6.04 Å². The fraction of sp³-hybridized carbons (Fsp3) is 0.400. The summed E-state index contributed by atoms with van der Waals surface area (Å²) < 4.78 is 0. The monoisotopic (exact) mass is 289 g/mol. The fourth-order valence-corrected chi connectivity index (χ4v) is 2.08. The standard InChI is InChI=1S/C15H19N3O3/c1-3-9(2)16-13(19)8-12-15(21)17-11-7-5-4-6-10(11)14(20)18-12/h4-7,9,12H,3,8H2,1-2H3,(H,16,19)(H,17,21)(H,18,20)/t9?,12-/m1/s1. The van der Waals surface area contributed by atoms with Crippen LogP contribution in [0, 0.1) is 0 Å². The van der Waals surface area contributed by atoms with Gasteiger partial charge in [-0.2, -0.15) is 0 Å². The normalized spacial score (nSPS) is 18.9. The molecule has 1 aliphatic rings. The predicted molar refractivity (Wildman–Crippen MR) is 78.8 cm³/mol. The second-order valence-corrected chi connectivity index (χ2v) is 5.14. The molecule has 0 bridgehead atoms. The Morgan fingerprint density at radius 3 is 2.76 bits per heavy atom. The number of amides is 3. The highest BCUT2D eigenvalue weighted by atomic mass is 16.2. The molecule has 3 N–H and O–H groups in total. The van der Waals surface area contributed by atoms with Crippen molar-refractivity contribution in [3.05, 3.63) is 29.8 Å². The van der Waals surface area contributed by atoms with E-state index in [9.17, 15) is 14.4 Å². The van der Waals surface area contributed by atoms with Gasteiger partial charge in [0.15, 0.2) is 0 Å². The lowest BCUT2D eigenvalue weighted by molar-refractivity contribution is -0.126. The average molecular weight is 289 g/mol. The van der Waals surface area contributed by atoms with Crippen LogP contribution in [0.3, 0.4) is 0 Å². The smallest absolute Gasteiger partial charge is 0.254 e. The van der Waals surface area contributed by atoms with Crippen LogP contribution in [0.2, 0.25) is 0 Å². The first-order valence-corrected chi connectivity index (χ1v) is 7.01. The van der Waals surface area contributed by atoms with E-state index in [-0.39, 0.29) is 30.2 Å². The van der Waals surface area contributed by atoms with Crippen molar-refractivity contribution in [2.75, 3.05) is 5.32 Å². The lowest BCUT2D eigenvalue weighted by Crippen LogP contribution is -2.45. The minimum absolute atomic E-state index is 0.0410. The minimum atomic E-state index is -0.867. The quantitative estimate of drug-likeness (QED) is 0.774. The molecule has 6 nitrogen and oxygen atoms in total. The third kappa shape index (κ3) is 3.59. The molecule has 1 unspecified atom stereocenters. The molecular formula is C15H19N3O3. The lowest BCUT2D eigenvalue weighted by Gasteiger charge is -2.16. The third-order valence-electron chi connectivity index (χ3n) is 3.46. The zero-order chi connectivity index (χ0) is 15.4. The Labute approximate surface area is 123 Å². The molecule has 3 amide bonds. The van der Waals surface area contributed by atoms with Gasteiger partial charge in [0, 0.05) is 6.04 Å². The van der Waals surface area contributed by atoms with E-state index in [0.29, 0.717) is 11.3 Å². The van der Waals surface area contributed by atoms with Gasteiger partial charge in [0.25, 0.3) is 5.91 Å². The number of rotatable bonds is 4. The van der Waals surface area contributed by atoms with Gasteiger partial charge in [-0.05, 0) is 25.5 Å². The first kappa shape index (κ1) is 15.0. The van der Waals surface area contributed by atoms with Crippen molar-refractivity contribution in [1.29, 1.82) is 0 Å². The van der Waals surface area contributed by atoms with E-state index in [0.717, 1.165) is 6.42 Å². The summed E-state index contributed by atoms with van der Waals surface area (Å²) in [6, 6.07) is 5.93. The number of nitrogens with one attached hydrogen (secondary N) is 3. The molecule has 0 saturated carbocycles. The number of fused-ring (bicyclic) bond motifs is 1. The third-order valence-corrected chi connectivity index (χ3v) is 3.46. The van der Waals surface area contributed by atoms with Crippen molar-refractivity contribution in [2.24, 2.45) is 0 Å². The van der Waals surface area contributed by atoms with E-state index < -0.39 is 6.04 Å². The van der Waals surface area contributed by atoms with Crippen LogP contribution in [0.15, 0.2) is 24.3 Å². The van der Waals surface area contributed by atoms with E-state index in [4.69, 9.17) is 0 Å². The molecule has 112 valence electrons. The average Bonchev–Trinajstić information content (AvgIpc) is 2.57. The number of carbonyl (C=O) groups is 3. The number of anilines is 1. The fourth-order valence-electron chi connectivity index (χ4n) is 2.08. The van der Waals surface area contributed by atoms with Crippen LogP contribution < -0.4 is 16.0 Å². The second-order valence-electron chi connectivity index (χ2n) is 5.14. The Morgan fingerprint density at radius 2 is 2.05 bits per heavy atom. The number of para-hydroxylation sites is 1. The summed E-state index contributed by atoms with van der Waals surface area (Å²) in [4.78, 5) is 36.1. The van der Waals surface area contributed by atoms with Crippen molar-refractivity contribution in [3.8, 4) is 0 Å². The molecule has 1 aliphatic heterocycles. The maximum atomic E-state index is 12.1. The molecule has 0 fully saturated rings. The van der Waals surface area contributed by atoms with Crippen molar-refractivity contribution in [2.45, 2.75) is 38.8 Å². The van der Waals surface area contributed by atoms with Crippen molar-refractivity contribution in [3.63, 3.8) is 0 Å². The molecular weight excluding hydrogens is 270 g/mol. The van der Waals surface area contributed by atoms with Gasteiger partial charge in [0.2, 0.25) is 11.8 Å². The first-order chi connectivity index (χ1) is 10.0. The highest BCUT2D eigenvalue weighted by molar-refractivity contribution is 6.10. The Balaban J connectivity index is 2.08. The van der Waals surface area contributed by atoms with E-state index in [1.165, 1.54) is 0 Å². The van der Waals surface area contributed by atoms with E-state index >= 15 is 0 Å². The highest BCUT2D eigenvalue weighted by Crippen LogP contribution is 2.18. The molecule has 0 saturated heterocycles. The summed E-state index contributed by atoms with van der Waals surface area (Å²) in [6.07, 6.45) is 0.732. The van der Waals surface area contributed by atoms with Crippen molar-refractivity contribution >= 4 is 23.4 Å². The molecule has 0 radical (unpaired) electrons. The number of benzene rings is 1. The molecule has 6 heteroatoms. The molecule has 21 heavy (non-hydrogen) atoms. The second kappa shape index (κ2) is 6.39. The SMILES string of the molecule is CCC(C)NC(=O)C[C@H]1NC(=O)c2ccccc2NC1=O. The lowest BCUT2D eigenvalue weighted by atomic mass is 10.1. The Morgan fingerprint density at radius 1 is 1.33 bits per heavy atom. The maximum Gasteiger partial charge on any atom is 0.254 e. The summed E-state index contributed by atoms with van der Waals surface area (Å²) in [6.45, 7) is 3.85. The van der Waals surface area contributed by atoms with Gasteiger partial charge >= 0.3 is 0 Å². The van der Waals surface area contributed by atoms with Crippen LogP contribution >= 0.6 is 0 Å². The van der Waals surface area contributed by atoms with Crippen molar-refractivity contribution < 1.29 is 14.4 Å². The molecule has 1 aromatic rings. The van der Waals surface area contributed by atoms with Gasteiger partial charge in [-0.25, -0.2) is 0 Å². The van der Waals surface area contributed by atoms with Gasteiger partial charge in [0.05, 0.1) is 17.7 Å². The van der Waals surface area contributed by atoms with Crippen molar-refractivity contribution in [1.82, 2.24) is 10.6 Å². The number of hydrogen-bond acceptors (Lipinski definition) is 3. The van der Waals surface area contributed by atoms with Gasteiger partial charge in [-0.3, -0.25) is 14.4 Å². The summed E-state index contributed by atoms with van der Waals surface area (Å²) in [5.41, 5.74) is 0.862. The summed E-state index contributed by atoms with van der Waals surface area (Å²) in [5, 5.41) is 8.05. The van der Waals surface area contributed by atoms with E-state index in [2.05, 4.69) is 16.0 Å². The van der Waals surface area contributed by atoms with Crippen LogP contribution in [0.4, 0.5) is 5.69 Å². The molecule has 0 aliphatic carbocycles. The largest absolute Gasteiger partial charge is 0.354 e. The van der Waals surface area contributed by atoms with Gasteiger partial charge in [-0.1, -0.05) is 19.1 Å². The highest BCUT2D eigenvalue weighted by Gasteiger charge is 2.29. The van der Waals surface area contributed by atoms with Crippen LogP contribution in [0.25, 0.3) is 0 Å². The minimum Gasteiger partial charge on any atom is -0.354 e. The topological polar surface area (TPSA) is 87.3 Å². The molecule has 1 aromatic carbocycles. The Hall–Kier alpha value is -2.37. The summed E-state index contributed by atoms with van der Waals surface area (Å²) >= 11 is 0. The number of carbonyl (C=O) groups excluding carboxylic acids is 3. The molecule has 2 atom stereocenters. The first-order valence-electron chi connectivity index (χ1n) is 7.01. The van der Waals surface area contributed by atoms with Crippen LogP contribution in [0.1, 0.15) is 37.0 Å². The summed E-state index contributed by atoms with van der Waals surface area (Å²) in [5.74, 6) is -0.992. The predicted octanol–water partition coefficient (Wildman–Crippen LogP) is 1.04. The van der Waals surface area contributed by atoms with Crippen LogP contribution in [0.5, 0.6) is 0 Å². The van der Waals surface area contributed by atoms with Gasteiger partial charge in [-0.15, -0.1) is 0 Å². The van der Waals surface area contributed by atoms with Crippen LogP contribution in [-0.4, -0.2) is 29.8 Å². The Bertz CT molecular complexity index is 571.